The van der Waals surface area contributed by atoms with Crippen LogP contribution in [-0.4, -0.2) is 36.8 Å². The SMILES string of the molecule is CO[C@@H]1CCN(c2ccc(NC(=O)c3ccc(-n4cccc4)cc3)cc2)C1. The van der Waals surface area contributed by atoms with Crippen LogP contribution >= 0.6 is 0 Å². The fraction of sp³-hybridized carbons (Fsp3) is 0.227. The number of anilines is 2. The molecule has 0 saturated carbocycles. The van der Waals surface area contributed by atoms with E-state index in [0.717, 1.165) is 36.6 Å². The van der Waals surface area contributed by atoms with Gasteiger partial charge in [0, 0.05) is 55.2 Å². The number of carbonyl (C=O) groups excluding carboxylic acids is 1. The summed E-state index contributed by atoms with van der Waals surface area (Å²) in [7, 11) is 1.76. The molecule has 5 nitrogen and oxygen atoms in total. The molecule has 0 bridgehead atoms. The summed E-state index contributed by atoms with van der Waals surface area (Å²) in [6.07, 6.45) is 5.31. The van der Waals surface area contributed by atoms with Crippen LogP contribution in [0.4, 0.5) is 11.4 Å². The van der Waals surface area contributed by atoms with Crippen LogP contribution in [0.25, 0.3) is 5.69 Å². The fourth-order valence-corrected chi connectivity index (χ4v) is 3.41. The van der Waals surface area contributed by atoms with Crippen molar-refractivity contribution in [2.45, 2.75) is 12.5 Å². The summed E-state index contributed by atoms with van der Waals surface area (Å²) in [6.45, 7) is 1.91. The summed E-state index contributed by atoms with van der Waals surface area (Å²) >= 11 is 0. The summed E-state index contributed by atoms with van der Waals surface area (Å²) < 4.78 is 7.43. The standard InChI is InChI=1S/C22H23N3O2/c1-27-21-12-15-25(16-21)20-10-6-18(7-11-20)23-22(26)17-4-8-19(9-5-17)24-13-2-3-14-24/h2-11,13-14,21H,12,15-16H2,1H3,(H,23,26)/t21-/m1/s1. The first-order valence-corrected chi connectivity index (χ1v) is 9.15. The largest absolute Gasteiger partial charge is 0.380 e. The summed E-state index contributed by atoms with van der Waals surface area (Å²) in [4.78, 5) is 14.8. The van der Waals surface area contributed by atoms with Gasteiger partial charge in [-0.1, -0.05) is 0 Å². The maximum absolute atomic E-state index is 12.5. The Balaban J connectivity index is 1.39. The van der Waals surface area contributed by atoms with Crippen molar-refractivity contribution in [1.82, 2.24) is 4.57 Å². The van der Waals surface area contributed by atoms with E-state index in [1.165, 1.54) is 0 Å². The molecular formula is C22H23N3O2. The molecule has 0 aliphatic carbocycles. The summed E-state index contributed by atoms with van der Waals surface area (Å²) in [5.74, 6) is -0.109. The predicted molar refractivity (Wildman–Crippen MR) is 108 cm³/mol. The lowest BCUT2D eigenvalue weighted by Gasteiger charge is -2.18. The first-order chi connectivity index (χ1) is 13.2. The smallest absolute Gasteiger partial charge is 0.255 e. The Morgan fingerprint density at radius 1 is 1.00 bits per heavy atom. The maximum atomic E-state index is 12.5. The molecule has 2 aromatic carbocycles. The van der Waals surface area contributed by atoms with Gasteiger partial charge in [0.05, 0.1) is 6.10 Å². The number of benzene rings is 2. The number of carbonyl (C=O) groups is 1. The molecule has 3 aromatic rings. The molecule has 0 spiro atoms. The second-order valence-electron chi connectivity index (χ2n) is 6.73. The lowest BCUT2D eigenvalue weighted by Crippen LogP contribution is -2.22. The number of rotatable bonds is 5. The van der Waals surface area contributed by atoms with E-state index in [4.69, 9.17) is 4.74 Å². The number of ether oxygens (including phenoxy) is 1. The van der Waals surface area contributed by atoms with Crippen molar-refractivity contribution in [2.24, 2.45) is 0 Å². The molecule has 0 radical (unpaired) electrons. The number of methoxy groups -OCH3 is 1. The number of nitrogens with one attached hydrogen (secondary N) is 1. The van der Waals surface area contributed by atoms with Crippen LogP contribution in [0.2, 0.25) is 0 Å². The molecule has 1 amide bonds. The zero-order chi connectivity index (χ0) is 18.6. The molecule has 1 aliphatic rings. The van der Waals surface area contributed by atoms with Gasteiger partial charge in [-0.3, -0.25) is 4.79 Å². The van der Waals surface area contributed by atoms with Crippen LogP contribution in [-0.2, 0) is 4.74 Å². The fourth-order valence-electron chi connectivity index (χ4n) is 3.41. The number of nitrogens with zero attached hydrogens (tertiary/aromatic N) is 2. The highest BCUT2D eigenvalue weighted by Gasteiger charge is 2.22. The number of amides is 1. The van der Waals surface area contributed by atoms with E-state index >= 15 is 0 Å². The van der Waals surface area contributed by atoms with E-state index in [1.54, 1.807) is 7.11 Å². The maximum Gasteiger partial charge on any atom is 0.255 e. The monoisotopic (exact) mass is 361 g/mol. The Morgan fingerprint density at radius 3 is 2.30 bits per heavy atom. The van der Waals surface area contributed by atoms with Gasteiger partial charge >= 0.3 is 0 Å². The van der Waals surface area contributed by atoms with Crippen molar-refractivity contribution < 1.29 is 9.53 Å². The first kappa shape index (κ1) is 17.4. The quantitative estimate of drug-likeness (QED) is 0.748. The Bertz CT molecular complexity index is 886. The number of hydrogen-bond donors (Lipinski definition) is 1. The van der Waals surface area contributed by atoms with Crippen molar-refractivity contribution in [3.05, 3.63) is 78.6 Å². The van der Waals surface area contributed by atoms with Gasteiger partial charge in [0.15, 0.2) is 0 Å². The van der Waals surface area contributed by atoms with Gasteiger partial charge in [0.2, 0.25) is 0 Å². The summed E-state index contributed by atoms with van der Waals surface area (Å²) in [5, 5.41) is 2.96. The van der Waals surface area contributed by atoms with Crippen LogP contribution in [0, 0.1) is 0 Å². The number of aromatic nitrogens is 1. The molecular weight excluding hydrogens is 338 g/mol. The Hall–Kier alpha value is -3.05. The van der Waals surface area contributed by atoms with E-state index in [9.17, 15) is 4.79 Å². The zero-order valence-electron chi connectivity index (χ0n) is 15.3. The normalized spacial score (nSPS) is 16.5. The first-order valence-electron chi connectivity index (χ1n) is 9.15. The van der Waals surface area contributed by atoms with Crippen LogP contribution in [0.1, 0.15) is 16.8 Å². The highest BCUT2D eigenvalue weighted by atomic mass is 16.5. The minimum absolute atomic E-state index is 0.109. The van der Waals surface area contributed by atoms with E-state index in [1.807, 2.05) is 77.6 Å². The number of hydrogen-bond acceptors (Lipinski definition) is 3. The molecule has 5 heteroatoms. The molecule has 1 fully saturated rings. The lowest BCUT2D eigenvalue weighted by molar-refractivity contribution is 0.102. The topological polar surface area (TPSA) is 46.5 Å². The van der Waals surface area contributed by atoms with E-state index in [0.29, 0.717) is 11.7 Å². The van der Waals surface area contributed by atoms with Crippen LogP contribution < -0.4 is 10.2 Å². The third-order valence-corrected chi connectivity index (χ3v) is 5.00. The molecule has 1 aromatic heterocycles. The van der Waals surface area contributed by atoms with Gasteiger partial charge in [-0.15, -0.1) is 0 Å². The van der Waals surface area contributed by atoms with Crippen molar-refractivity contribution in [3.8, 4) is 5.69 Å². The van der Waals surface area contributed by atoms with Crippen molar-refractivity contribution in [3.63, 3.8) is 0 Å². The second kappa shape index (κ2) is 7.68. The Morgan fingerprint density at radius 2 is 1.67 bits per heavy atom. The molecule has 1 aliphatic heterocycles. The average Bonchev–Trinajstić information content (AvgIpc) is 3.41. The highest BCUT2D eigenvalue weighted by Crippen LogP contribution is 2.23. The van der Waals surface area contributed by atoms with Gasteiger partial charge in [0.1, 0.15) is 0 Å². The van der Waals surface area contributed by atoms with Gasteiger partial charge in [-0.2, -0.15) is 0 Å². The van der Waals surface area contributed by atoms with Gasteiger partial charge < -0.3 is 19.5 Å². The molecule has 1 atom stereocenters. The van der Waals surface area contributed by atoms with Crippen LogP contribution in [0.15, 0.2) is 73.1 Å². The summed E-state index contributed by atoms with van der Waals surface area (Å²) in [6, 6.07) is 19.5. The molecule has 138 valence electrons. The van der Waals surface area contributed by atoms with Crippen molar-refractivity contribution >= 4 is 17.3 Å². The van der Waals surface area contributed by atoms with Crippen LogP contribution in [0.3, 0.4) is 0 Å². The minimum atomic E-state index is -0.109. The molecule has 0 unspecified atom stereocenters. The minimum Gasteiger partial charge on any atom is -0.380 e. The Labute approximate surface area is 159 Å². The van der Waals surface area contributed by atoms with E-state index in [2.05, 4.69) is 10.2 Å². The average molecular weight is 361 g/mol. The van der Waals surface area contributed by atoms with E-state index < -0.39 is 0 Å². The lowest BCUT2D eigenvalue weighted by atomic mass is 10.2. The van der Waals surface area contributed by atoms with Gasteiger partial charge in [0.25, 0.3) is 5.91 Å². The van der Waals surface area contributed by atoms with Gasteiger partial charge in [-0.05, 0) is 67.1 Å². The molecule has 27 heavy (non-hydrogen) atoms. The van der Waals surface area contributed by atoms with Crippen LogP contribution in [0.5, 0.6) is 0 Å². The zero-order valence-corrected chi connectivity index (χ0v) is 15.3. The molecule has 4 rings (SSSR count). The van der Waals surface area contributed by atoms with Gasteiger partial charge in [-0.25, -0.2) is 0 Å². The van der Waals surface area contributed by atoms with E-state index in [-0.39, 0.29) is 5.91 Å². The highest BCUT2D eigenvalue weighted by molar-refractivity contribution is 6.04. The summed E-state index contributed by atoms with van der Waals surface area (Å²) in [5.41, 5.74) is 3.61. The molecule has 1 saturated heterocycles. The third kappa shape index (κ3) is 3.88. The molecule has 2 heterocycles. The Kier molecular flexibility index (Phi) is 4.94. The van der Waals surface area contributed by atoms with Crippen molar-refractivity contribution in [2.75, 3.05) is 30.4 Å². The third-order valence-electron chi connectivity index (χ3n) is 5.00. The molecule has 1 N–H and O–H groups in total. The van der Waals surface area contributed by atoms with Crippen molar-refractivity contribution in [1.29, 1.82) is 0 Å². The second-order valence-corrected chi connectivity index (χ2v) is 6.73. The predicted octanol–water partition coefficient (Wildman–Crippen LogP) is 3.95.